The van der Waals surface area contributed by atoms with Gasteiger partial charge in [0, 0.05) is 24.9 Å². The van der Waals surface area contributed by atoms with E-state index in [2.05, 4.69) is 12.2 Å². The van der Waals surface area contributed by atoms with Gasteiger partial charge in [-0.05, 0) is 67.9 Å². The Morgan fingerprint density at radius 1 is 0.975 bits per heavy atom. The number of para-hydroxylation sites is 1. The number of likely N-dealkylation sites (tertiary alicyclic amines) is 1. The summed E-state index contributed by atoms with van der Waals surface area (Å²) in [7, 11) is 0. The quantitative estimate of drug-likeness (QED) is 0.323. The third-order valence-electron chi connectivity index (χ3n) is 8.47. The zero-order chi connectivity index (χ0) is 28.3. The van der Waals surface area contributed by atoms with Crippen LogP contribution >= 0.6 is 0 Å². The molecule has 0 aromatic heterocycles. The lowest BCUT2D eigenvalue weighted by molar-refractivity contribution is -0.139. The number of hydrogen-bond acceptors (Lipinski definition) is 4. The highest BCUT2D eigenvalue weighted by molar-refractivity contribution is 5.91. The molecular formula is C33H45N3O4. The van der Waals surface area contributed by atoms with Crippen LogP contribution < -0.4 is 15.8 Å². The molecule has 3 amide bonds. The van der Waals surface area contributed by atoms with Gasteiger partial charge in [0.25, 0.3) is 0 Å². The Hall–Kier alpha value is -3.35. The summed E-state index contributed by atoms with van der Waals surface area (Å²) in [5.74, 6) is 0.274. The fourth-order valence-corrected chi connectivity index (χ4v) is 6.25. The van der Waals surface area contributed by atoms with Gasteiger partial charge in [0.05, 0.1) is 0 Å². The average Bonchev–Trinajstić information content (AvgIpc) is 3.41. The fraction of sp³-hybridized carbons (Fsp3) is 0.545. The second kappa shape index (κ2) is 14.9. The molecule has 0 radical (unpaired) electrons. The Morgan fingerprint density at radius 2 is 1.70 bits per heavy atom. The second-order valence-corrected chi connectivity index (χ2v) is 11.5. The van der Waals surface area contributed by atoms with Crippen molar-refractivity contribution in [3.63, 3.8) is 0 Å². The summed E-state index contributed by atoms with van der Waals surface area (Å²) in [5.41, 5.74) is 6.81. The SMILES string of the molecule is CCCCC(C(N)=O)C(CC1CCCC1)C(=O)N[C@H]1CCCCN(Cc2cccc(Oc3ccccc3)c2)C1=O. The van der Waals surface area contributed by atoms with Gasteiger partial charge in [-0.25, -0.2) is 0 Å². The molecule has 2 aromatic rings. The number of amides is 3. The van der Waals surface area contributed by atoms with Crippen molar-refractivity contribution in [2.75, 3.05) is 6.54 Å². The molecule has 1 aliphatic heterocycles. The van der Waals surface area contributed by atoms with Gasteiger partial charge in [0.15, 0.2) is 0 Å². The van der Waals surface area contributed by atoms with E-state index in [0.29, 0.717) is 38.3 Å². The minimum atomic E-state index is -0.593. The van der Waals surface area contributed by atoms with Crippen LogP contribution in [0.1, 0.15) is 83.1 Å². The zero-order valence-electron chi connectivity index (χ0n) is 23.9. The highest BCUT2D eigenvalue weighted by atomic mass is 16.5. The zero-order valence-corrected chi connectivity index (χ0v) is 23.9. The van der Waals surface area contributed by atoms with Crippen molar-refractivity contribution in [1.82, 2.24) is 10.2 Å². The molecule has 0 spiro atoms. The maximum absolute atomic E-state index is 13.7. The number of benzene rings is 2. The van der Waals surface area contributed by atoms with Gasteiger partial charge in [-0.2, -0.15) is 0 Å². The molecular weight excluding hydrogens is 502 g/mol. The molecule has 0 bridgehead atoms. The minimum Gasteiger partial charge on any atom is -0.457 e. The standard InChI is InChI=1S/C33H45N3O4/c1-2-3-18-28(31(34)37)29(22-24-12-7-8-13-24)32(38)35-30-19-9-10-20-36(33(30)39)23-25-14-11-17-27(21-25)40-26-15-5-4-6-16-26/h4-6,11,14-17,21,24,28-30H,2-3,7-10,12-13,18-20,22-23H2,1H3,(H2,34,37)(H,35,38)/t28?,29?,30-/m0/s1. The molecule has 7 nitrogen and oxygen atoms in total. The third-order valence-corrected chi connectivity index (χ3v) is 8.47. The van der Waals surface area contributed by atoms with Gasteiger partial charge in [0.1, 0.15) is 17.5 Å². The fourth-order valence-electron chi connectivity index (χ4n) is 6.25. The minimum absolute atomic E-state index is 0.0657. The first-order valence-electron chi connectivity index (χ1n) is 15.1. The number of hydrogen-bond donors (Lipinski definition) is 2. The number of rotatable bonds is 13. The van der Waals surface area contributed by atoms with Crippen molar-refractivity contribution < 1.29 is 19.1 Å². The summed E-state index contributed by atoms with van der Waals surface area (Å²) in [6.07, 6.45) is 9.93. The van der Waals surface area contributed by atoms with E-state index in [1.54, 1.807) is 0 Å². The Morgan fingerprint density at radius 3 is 2.42 bits per heavy atom. The number of primary amides is 1. The number of nitrogens with zero attached hydrogens (tertiary/aromatic N) is 1. The molecule has 1 heterocycles. The van der Waals surface area contributed by atoms with Gasteiger partial charge in [-0.1, -0.05) is 75.8 Å². The van der Waals surface area contributed by atoms with Crippen LogP contribution in [0.2, 0.25) is 0 Å². The van der Waals surface area contributed by atoms with Crippen molar-refractivity contribution in [3.05, 3.63) is 60.2 Å². The predicted octanol–water partition coefficient (Wildman–Crippen LogP) is 5.96. The highest BCUT2D eigenvalue weighted by Gasteiger charge is 2.37. The Labute approximate surface area is 238 Å². The van der Waals surface area contributed by atoms with Crippen LogP contribution in [0.3, 0.4) is 0 Å². The van der Waals surface area contributed by atoms with Crippen LogP contribution in [0.15, 0.2) is 54.6 Å². The molecule has 3 atom stereocenters. The largest absolute Gasteiger partial charge is 0.457 e. The normalized spacial score (nSPS) is 19.6. The van der Waals surface area contributed by atoms with E-state index in [1.165, 1.54) is 12.8 Å². The van der Waals surface area contributed by atoms with Crippen LogP contribution in [-0.4, -0.2) is 35.2 Å². The molecule has 2 aliphatic rings. The number of carbonyl (C=O) groups excluding carboxylic acids is 3. The van der Waals surface area contributed by atoms with E-state index in [9.17, 15) is 14.4 Å². The number of nitrogens with one attached hydrogen (secondary N) is 1. The van der Waals surface area contributed by atoms with Crippen LogP contribution in [0.4, 0.5) is 0 Å². The molecule has 1 aliphatic carbocycles. The van der Waals surface area contributed by atoms with E-state index >= 15 is 0 Å². The van der Waals surface area contributed by atoms with E-state index in [4.69, 9.17) is 10.5 Å². The number of nitrogens with two attached hydrogens (primary N) is 1. The lowest BCUT2D eigenvalue weighted by Crippen LogP contribution is -2.50. The van der Waals surface area contributed by atoms with Crippen molar-refractivity contribution >= 4 is 17.7 Å². The number of unbranched alkanes of at least 4 members (excludes halogenated alkanes) is 1. The van der Waals surface area contributed by atoms with E-state index < -0.39 is 23.8 Å². The van der Waals surface area contributed by atoms with Crippen molar-refractivity contribution in [2.45, 2.75) is 90.1 Å². The van der Waals surface area contributed by atoms with Gasteiger partial charge >= 0.3 is 0 Å². The third kappa shape index (κ3) is 8.33. The topological polar surface area (TPSA) is 102 Å². The van der Waals surface area contributed by atoms with Crippen molar-refractivity contribution in [2.24, 2.45) is 23.5 Å². The lowest BCUT2D eigenvalue weighted by atomic mass is 9.80. The molecule has 3 N–H and O–H groups in total. The number of carbonyl (C=O) groups is 3. The summed E-state index contributed by atoms with van der Waals surface area (Å²) in [5, 5.41) is 3.09. The van der Waals surface area contributed by atoms with Crippen LogP contribution in [0.25, 0.3) is 0 Å². The van der Waals surface area contributed by atoms with Crippen LogP contribution in [-0.2, 0) is 20.9 Å². The van der Waals surface area contributed by atoms with E-state index in [-0.39, 0.29) is 11.8 Å². The summed E-state index contributed by atoms with van der Waals surface area (Å²) in [6, 6.07) is 16.8. The molecule has 1 saturated carbocycles. The van der Waals surface area contributed by atoms with Gasteiger partial charge in [0.2, 0.25) is 17.7 Å². The Balaban J connectivity index is 1.44. The van der Waals surface area contributed by atoms with Crippen LogP contribution in [0.5, 0.6) is 11.5 Å². The first-order valence-corrected chi connectivity index (χ1v) is 15.1. The molecule has 1 saturated heterocycles. The molecule has 7 heteroatoms. The smallest absolute Gasteiger partial charge is 0.245 e. The molecule has 2 unspecified atom stereocenters. The Bertz CT molecular complexity index is 1120. The Kier molecular flexibility index (Phi) is 11.0. The first-order chi connectivity index (χ1) is 19.4. The molecule has 216 valence electrons. The second-order valence-electron chi connectivity index (χ2n) is 11.5. The summed E-state index contributed by atoms with van der Waals surface area (Å²) < 4.78 is 5.99. The van der Waals surface area contributed by atoms with Gasteiger partial charge in [-0.3, -0.25) is 14.4 Å². The molecule has 2 fully saturated rings. The first kappa shape index (κ1) is 29.6. The maximum atomic E-state index is 13.7. The van der Waals surface area contributed by atoms with Gasteiger partial charge in [-0.15, -0.1) is 0 Å². The molecule has 2 aromatic carbocycles. The van der Waals surface area contributed by atoms with Gasteiger partial charge < -0.3 is 20.7 Å². The lowest BCUT2D eigenvalue weighted by Gasteiger charge is -2.30. The summed E-state index contributed by atoms with van der Waals surface area (Å²) in [4.78, 5) is 41.8. The van der Waals surface area contributed by atoms with Crippen LogP contribution in [0, 0.1) is 17.8 Å². The molecule has 4 rings (SSSR count). The van der Waals surface area contributed by atoms with E-state index in [0.717, 1.165) is 55.6 Å². The van der Waals surface area contributed by atoms with E-state index in [1.807, 2.05) is 59.5 Å². The summed E-state index contributed by atoms with van der Waals surface area (Å²) in [6.45, 7) is 3.16. The predicted molar refractivity (Wildman–Crippen MR) is 156 cm³/mol. The molecule has 40 heavy (non-hydrogen) atoms. The van der Waals surface area contributed by atoms with Crippen molar-refractivity contribution in [3.8, 4) is 11.5 Å². The van der Waals surface area contributed by atoms with Crippen molar-refractivity contribution in [1.29, 1.82) is 0 Å². The average molecular weight is 548 g/mol. The monoisotopic (exact) mass is 547 g/mol. The maximum Gasteiger partial charge on any atom is 0.245 e. The summed E-state index contributed by atoms with van der Waals surface area (Å²) >= 11 is 0. The number of ether oxygens (including phenoxy) is 1. The highest BCUT2D eigenvalue weighted by Crippen LogP contribution is 2.35.